The lowest BCUT2D eigenvalue weighted by Crippen LogP contribution is -2.11. The summed E-state index contributed by atoms with van der Waals surface area (Å²) in [5, 5.41) is 11.0. The van der Waals surface area contributed by atoms with E-state index in [2.05, 4.69) is 0 Å². The topological polar surface area (TPSA) is 97.5 Å². The van der Waals surface area contributed by atoms with Crippen molar-refractivity contribution in [3.63, 3.8) is 0 Å². The zero-order chi connectivity index (χ0) is 18.1. The third-order valence-corrected chi connectivity index (χ3v) is 4.12. The van der Waals surface area contributed by atoms with Gasteiger partial charge in [-0.15, -0.1) is 0 Å². The fourth-order valence-electron chi connectivity index (χ4n) is 2.18. The summed E-state index contributed by atoms with van der Waals surface area (Å²) in [6, 6.07) is 7.04. The molecule has 128 valence electrons. The molecule has 0 aromatic heterocycles. The predicted molar refractivity (Wildman–Crippen MR) is 77.2 cm³/mol. The van der Waals surface area contributed by atoms with Crippen LogP contribution in [0.1, 0.15) is 16.7 Å². The first-order valence-corrected chi connectivity index (χ1v) is 7.84. The van der Waals surface area contributed by atoms with Crippen LogP contribution in [0.2, 0.25) is 0 Å². The molecule has 0 aliphatic heterocycles. The summed E-state index contributed by atoms with van der Waals surface area (Å²) in [6.45, 7) is 0. The summed E-state index contributed by atoms with van der Waals surface area (Å²) in [6.07, 6.45) is -5.19. The number of hydrogen-bond acceptors (Lipinski definition) is 4. The first-order chi connectivity index (χ1) is 11.0. The van der Waals surface area contributed by atoms with Gasteiger partial charge in [-0.2, -0.15) is 21.6 Å². The van der Waals surface area contributed by atoms with E-state index < -0.39 is 49.3 Å². The minimum Gasteiger partial charge on any atom is -0.282 e. The first kappa shape index (κ1) is 17.9. The van der Waals surface area contributed by atoms with E-state index >= 15 is 0 Å². The summed E-state index contributed by atoms with van der Waals surface area (Å²) < 4.78 is 70.0. The van der Waals surface area contributed by atoms with Crippen molar-refractivity contribution in [2.24, 2.45) is 0 Å². The Morgan fingerprint density at radius 1 is 1.08 bits per heavy atom. The van der Waals surface area contributed by atoms with Crippen LogP contribution in [0.25, 0.3) is 0 Å². The molecule has 0 radical (unpaired) electrons. The molecule has 2 rings (SSSR count). The molecule has 24 heavy (non-hydrogen) atoms. The minimum atomic E-state index is -4.77. The third-order valence-electron chi connectivity index (χ3n) is 3.26. The molecule has 0 saturated heterocycles. The summed E-state index contributed by atoms with van der Waals surface area (Å²) in [5.74, 6) is 0. The number of benzene rings is 2. The van der Waals surface area contributed by atoms with Crippen LogP contribution in [-0.4, -0.2) is 17.9 Å². The molecule has 0 bridgehead atoms. The van der Waals surface area contributed by atoms with Gasteiger partial charge < -0.3 is 0 Å². The van der Waals surface area contributed by atoms with E-state index in [-0.39, 0.29) is 5.56 Å². The largest absolute Gasteiger partial charge is 0.416 e. The Balaban J connectivity index is 2.50. The molecular formula is C14H10F3NO5S. The van der Waals surface area contributed by atoms with Crippen molar-refractivity contribution in [1.29, 1.82) is 0 Å². The summed E-state index contributed by atoms with van der Waals surface area (Å²) in [7, 11) is -4.43. The maximum absolute atomic E-state index is 13.1. The van der Waals surface area contributed by atoms with Gasteiger partial charge in [0.15, 0.2) is 0 Å². The fraction of sp³-hybridized carbons (Fsp3) is 0.143. The molecule has 0 aliphatic carbocycles. The van der Waals surface area contributed by atoms with Crippen LogP contribution in [-0.2, 0) is 22.7 Å². The van der Waals surface area contributed by atoms with Crippen molar-refractivity contribution in [2.75, 3.05) is 0 Å². The second-order valence-corrected chi connectivity index (χ2v) is 6.28. The number of alkyl halides is 3. The van der Waals surface area contributed by atoms with E-state index in [4.69, 9.17) is 4.55 Å². The van der Waals surface area contributed by atoms with Gasteiger partial charge in [-0.3, -0.25) is 14.7 Å². The molecule has 0 atom stereocenters. The summed E-state index contributed by atoms with van der Waals surface area (Å²) in [5.41, 5.74) is -2.10. The van der Waals surface area contributed by atoms with E-state index in [0.29, 0.717) is 0 Å². The Bertz CT molecular complexity index is 876. The van der Waals surface area contributed by atoms with Crippen molar-refractivity contribution in [2.45, 2.75) is 17.5 Å². The van der Waals surface area contributed by atoms with Gasteiger partial charge in [-0.05, 0) is 23.8 Å². The highest BCUT2D eigenvalue weighted by Crippen LogP contribution is 2.37. The van der Waals surface area contributed by atoms with Crippen LogP contribution in [0, 0.1) is 10.1 Å². The van der Waals surface area contributed by atoms with Crippen LogP contribution < -0.4 is 0 Å². The van der Waals surface area contributed by atoms with Crippen LogP contribution in [0.4, 0.5) is 18.9 Å². The monoisotopic (exact) mass is 361 g/mol. The molecule has 0 amide bonds. The maximum Gasteiger partial charge on any atom is 0.416 e. The normalized spacial score (nSPS) is 12.2. The van der Waals surface area contributed by atoms with Crippen molar-refractivity contribution < 1.29 is 31.1 Å². The van der Waals surface area contributed by atoms with Gasteiger partial charge in [0.1, 0.15) is 0 Å². The highest BCUT2D eigenvalue weighted by atomic mass is 32.2. The van der Waals surface area contributed by atoms with Gasteiger partial charge in [-0.1, -0.05) is 18.2 Å². The number of hydrogen-bond donors (Lipinski definition) is 1. The van der Waals surface area contributed by atoms with Crippen molar-refractivity contribution >= 4 is 15.8 Å². The second kappa shape index (κ2) is 6.21. The maximum atomic E-state index is 13.1. The molecule has 6 nitrogen and oxygen atoms in total. The summed E-state index contributed by atoms with van der Waals surface area (Å²) >= 11 is 0. The Hall–Kier alpha value is -2.46. The van der Waals surface area contributed by atoms with Crippen molar-refractivity contribution in [1.82, 2.24) is 0 Å². The number of halogens is 3. The highest BCUT2D eigenvalue weighted by molar-refractivity contribution is 7.85. The van der Waals surface area contributed by atoms with Gasteiger partial charge in [0.05, 0.1) is 15.4 Å². The smallest absolute Gasteiger partial charge is 0.282 e. The standard InChI is InChI=1S/C14H10F3NO5S/c15-14(16,17)12-2-1-3-13(18(19)20)11(12)8-9-4-6-10(7-5-9)24(21,22)23/h1-7H,8H2,(H,21,22,23). The Labute approximate surface area is 134 Å². The van der Waals surface area contributed by atoms with Crippen molar-refractivity contribution in [3.05, 3.63) is 69.3 Å². The molecule has 0 fully saturated rings. The number of rotatable bonds is 4. The van der Waals surface area contributed by atoms with Crippen LogP contribution in [0.15, 0.2) is 47.4 Å². The fourth-order valence-corrected chi connectivity index (χ4v) is 2.66. The lowest BCUT2D eigenvalue weighted by molar-refractivity contribution is -0.385. The lowest BCUT2D eigenvalue weighted by atomic mass is 9.97. The van der Waals surface area contributed by atoms with Gasteiger partial charge in [-0.25, -0.2) is 0 Å². The zero-order valence-corrected chi connectivity index (χ0v) is 12.6. The number of nitro benzene ring substituents is 1. The van der Waals surface area contributed by atoms with Gasteiger partial charge in [0.2, 0.25) is 0 Å². The molecule has 0 spiro atoms. The Morgan fingerprint density at radius 3 is 2.12 bits per heavy atom. The predicted octanol–water partition coefficient (Wildman–Crippen LogP) is 3.45. The first-order valence-electron chi connectivity index (χ1n) is 6.40. The SMILES string of the molecule is O=[N+]([O-])c1cccc(C(F)(F)F)c1Cc1ccc(S(=O)(=O)O)cc1. The quantitative estimate of drug-likeness (QED) is 0.511. The molecule has 2 aromatic rings. The van der Waals surface area contributed by atoms with E-state index in [9.17, 15) is 31.7 Å². The van der Waals surface area contributed by atoms with E-state index in [1.807, 2.05) is 0 Å². The van der Waals surface area contributed by atoms with E-state index in [1.54, 1.807) is 0 Å². The van der Waals surface area contributed by atoms with Gasteiger partial charge >= 0.3 is 6.18 Å². The molecule has 1 N–H and O–H groups in total. The minimum absolute atomic E-state index is 0.224. The number of nitro groups is 1. The van der Waals surface area contributed by atoms with E-state index in [0.717, 1.165) is 30.3 Å². The van der Waals surface area contributed by atoms with E-state index in [1.165, 1.54) is 12.1 Å². The molecule has 2 aromatic carbocycles. The second-order valence-electron chi connectivity index (χ2n) is 4.85. The van der Waals surface area contributed by atoms with Crippen LogP contribution in [0.3, 0.4) is 0 Å². The van der Waals surface area contributed by atoms with Crippen LogP contribution >= 0.6 is 0 Å². The van der Waals surface area contributed by atoms with Gasteiger partial charge in [0.25, 0.3) is 15.8 Å². The zero-order valence-electron chi connectivity index (χ0n) is 11.8. The third kappa shape index (κ3) is 3.89. The molecule has 0 heterocycles. The highest BCUT2D eigenvalue weighted by Gasteiger charge is 2.36. The summed E-state index contributed by atoms with van der Waals surface area (Å²) in [4.78, 5) is 9.67. The average Bonchev–Trinajstić information content (AvgIpc) is 2.45. The Kier molecular flexibility index (Phi) is 4.63. The molecule has 0 aliphatic rings. The van der Waals surface area contributed by atoms with Gasteiger partial charge in [0, 0.05) is 18.1 Å². The molecular weight excluding hydrogens is 351 g/mol. The lowest BCUT2D eigenvalue weighted by Gasteiger charge is -2.13. The Morgan fingerprint density at radius 2 is 1.67 bits per heavy atom. The molecule has 0 saturated carbocycles. The number of nitrogens with zero attached hydrogens (tertiary/aromatic N) is 1. The molecule has 0 unspecified atom stereocenters. The average molecular weight is 361 g/mol. The van der Waals surface area contributed by atoms with Crippen molar-refractivity contribution in [3.8, 4) is 0 Å². The molecule has 10 heteroatoms. The van der Waals surface area contributed by atoms with Crippen LogP contribution in [0.5, 0.6) is 0 Å².